The molecule has 0 fully saturated rings. The van der Waals surface area contributed by atoms with Crippen LogP contribution in [-0.2, 0) is 13.0 Å². The van der Waals surface area contributed by atoms with Gasteiger partial charge in [-0.1, -0.05) is 32.9 Å². The van der Waals surface area contributed by atoms with Crippen molar-refractivity contribution in [2.45, 2.75) is 52.5 Å². The third-order valence-electron chi connectivity index (χ3n) is 4.69. The summed E-state index contributed by atoms with van der Waals surface area (Å²) < 4.78 is 2.38. The van der Waals surface area contributed by atoms with Crippen molar-refractivity contribution in [2.24, 2.45) is 11.8 Å². The first-order valence-corrected chi connectivity index (χ1v) is 8.19. The van der Waals surface area contributed by atoms with Gasteiger partial charge in [-0.2, -0.15) is 0 Å². The smallest absolute Gasteiger partial charge is 0.267 e. The Bertz CT molecular complexity index is 715. The van der Waals surface area contributed by atoms with E-state index in [1.807, 2.05) is 12.1 Å². The predicted octanol–water partition coefficient (Wildman–Crippen LogP) is 3.34. The highest BCUT2D eigenvalue weighted by molar-refractivity contribution is 6.07. The maximum Gasteiger partial charge on any atom is 0.267 e. The number of aryl methyl sites for hydroxylation is 1. The summed E-state index contributed by atoms with van der Waals surface area (Å²) in [7, 11) is 0. The van der Waals surface area contributed by atoms with Crippen LogP contribution in [0.4, 0.5) is 0 Å². The van der Waals surface area contributed by atoms with Crippen LogP contribution in [0.2, 0.25) is 0 Å². The van der Waals surface area contributed by atoms with E-state index in [4.69, 9.17) is 5.84 Å². The second-order valence-corrected chi connectivity index (χ2v) is 6.84. The van der Waals surface area contributed by atoms with Crippen molar-refractivity contribution in [3.63, 3.8) is 0 Å². The number of nitrogens with one attached hydrogen (secondary N) is 1. The SMILES string of the molecule is CC(C)Cn1c2c(c3cccc(C(=O)NN)c31)CCCC2C. The number of para-hydroxylation sites is 1. The topological polar surface area (TPSA) is 60.0 Å². The molecule has 1 unspecified atom stereocenters. The summed E-state index contributed by atoms with van der Waals surface area (Å²) in [6, 6.07) is 5.99. The fraction of sp³-hybridized carbons (Fsp3) is 0.500. The quantitative estimate of drug-likeness (QED) is 0.519. The molecular weight excluding hydrogens is 274 g/mol. The zero-order chi connectivity index (χ0) is 15.9. The van der Waals surface area contributed by atoms with Crippen LogP contribution in [0.1, 0.15) is 61.1 Å². The Labute approximate surface area is 131 Å². The van der Waals surface area contributed by atoms with Gasteiger partial charge in [-0.15, -0.1) is 0 Å². The van der Waals surface area contributed by atoms with E-state index < -0.39 is 0 Å². The number of nitrogens with two attached hydrogens (primary N) is 1. The van der Waals surface area contributed by atoms with Crippen LogP contribution >= 0.6 is 0 Å². The molecule has 1 aliphatic rings. The number of amides is 1. The van der Waals surface area contributed by atoms with E-state index in [2.05, 4.69) is 36.8 Å². The summed E-state index contributed by atoms with van der Waals surface area (Å²) in [5, 5.41) is 1.23. The Morgan fingerprint density at radius 2 is 2.23 bits per heavy atom. The molecule has 118 valence electrons. The van der Waals surface area contributed by atoms with Crippen molar-refractivity contribution in [2.75, 3.05) is 0 Å². The van der Waals surface area contributed by atoms with E-state index >= 15 is 0 Å². The fourth-order valence-electron chi connectivity index (χ4n) is 3.86. The molecule has 1 atom stereocenters. The number of nitrogen functional groups attached to an aromatic ring is 1. The molecular formula is C18H25N3O. The molecule has 4 nitrogen and oxygen atoms in total. The lowest BCUT2D eigenvalue weighted by Gasteiger charge is -2.23. The van der Waals surface area contributed by atoms with Gasteiger partial charge in [0.25, 0.3) is 5.91 Å². The summed E-state index contributed by atoms with van der Waals surface area (Å²) in [6.07, 6.45) is 3.55. The lowest BCUT2D eigenvalue weighted by molar-refractivity contribution is 0.0955. The molecule has 2 aromatic rings. The second-order valence-electron chi connectivity index (χ2n) is 6.84. The van der Waals surface area contributed by atoms with Crippen molar-refractivity contribution in [1.82, 2.24) is 9.99 Å². The first-order chi connectivity index (χ1) is 10.5. The Balaban J connectivity index is 2.35. The number of nitrogens with zero attached hydrogens (tertiary/aromatic N) is 1. The van der Waals surface area contributed by atoms with Crippen LogP contribution in [0, 0.1) is 5.92 Å². The van der Waals surface area contributed by atoms with E-state index in [1.165, 1.54) is 29.5 Å². The minimum Gasteiger partial charge on any atom is -0.343 e. The van der Waals surface area contributed by atoms with E-state index in [-0.39, 0.29) is 5.91 Å². The van der Waals surface area contributed by atoms with Gasteiger partial charge in [-0.3, -0.25) is 10.2 Å². The average Bonchev–Trinajstić information content (AvgIpc) is 2.82. The molecule has 1 aliphatic carbocycles. The number of aromatic nitrogens is 1. The average molecular weight is 299 g/mol. The molecule has 3 rings (SSSR count). The van der Waals surface area contributed by atoms with Crippen LogP contribution in [-0.4, -0.2) is 10.5 Å². The zero-order valence-electron chi connectivity index (χ0n) is 13.6. The third-order valence-corrected chi connectivity index (χ3v) is 4.69. The number of rotatable bonds is 3. The largest absolute Gasteiger partial charge is 0.343 e. The molecule has 4 heteroatoms. The first-order valence-electron chi connectivity index (χ1n) is 8.19. The Morgan fingerprint density at radius 1 is 1.45 bits per heavy atom. The molecule has 0 saturated carbocycles. The Kier molecular flexibility index (Phi) is 3.96. The molecule has 0 saturated heterocycles. The molecule has 1 aromatic carbocycles. The molecule has 1 heterocycles. The second kappa shape index (κ2) is 5.76. The maximum atomic E-state index is 12.2. The fourth-order valence-corrected chi connectivity index (χ4v) is 3.86. The van der Waals surface area contributed by atoms with E-state index in [1.54, 1.807) is 0 Å². The summed E-state index contributed by atoms with van der Waals surface area (Å²) >= 11 is 0. The highest BCUT2D eigenvalue weighted by atomic mass is 16.2. The van der Waals surface area contributed by atoms with Crippen molar-refractivity contribution in [3.05, 3.63) is 35.0 Å². The van der Waals surface area contributed by atoms with Crippen molar-refractivity contribution < 1.29 is 4.79 Å². The number of hydrazine groups is 1. The van der Waals surface area contributed by atoms with Crippen molar-refractivity contribution >= 4 is 16.8 Å². The lowest BCUT2D eigenvalue weighted by Crippen LogP contribution is -2.30. The highest BCUT2D eigenvalue weighted by Gasteiger charge is 2.27. The Morgan fingerprint density at radius 3 is 2.91 bits per heavy atom. The van der Waals surface area contributed by atoms with Crippen LogP contribution in [0.3, 0.4) is 0 Å². The minimum absolute atomic E-state index is 0.210. The molecule has 1 amide bonds. The lowest BCUT2D eigenvalue weighted by atomic mass is 9.88. The minimum atomic E-state index is -0.210. The molecule has 3 N–H and O–H groups in total. The number of carbonyl (C=O) groups excluding carboxylic acids is 1. The monoisotopic (exact) mass is 299 g/mol. The van der Waals surface area contributed by atoms with Gasteiger partial charge in [0.2, 0.25) is 0 Å². The first kappa shape index (κ1) is 15.1. The number of hydrogen-bond donors (Lipinski definition) is 2. The normalized spacial score (nSPS) is 17.8. The van der Waals surface area contributed by atoms with Gasteiger partial charge in [0, 0.05) is 17.6 Å². The summed E-state index contributed by atoms with van der Waals surface area (Å²) in [6.45, 7) is 7.68. The standard InChI is InChI=1S/C18H25N3O/c1-11(2)10-21-16-12(3)6-4-7-13(16)14-8-5-9-15(17(14)21)18(22)20-19/h5,8-9,11-12H,4,6-7,10,19H2,1-3H3,(H,20,22). The molecule has 0 bridgehead atoms. The van der Waals surface area contributed by atoms with Gasteiger partial charge >= 0.3 is 0 Å². The van der Waals surface area contributed by atoms with E-state index in [0.29, 0.717) is 17.4 Å². The maximum absolute atomic E-state index is 12.2. The number of carbonyl (C=O) groups is 1. The molecule has 0 spiro atoms. The highest BCUT2D eigenvalue weighted by Crippen LogP contribution is 2.39. The summed E-state index contributed by atoms with van der Waals surface area (Å²) in [5.41, 5.74) is 6.88. The van der Waals surface area contributed by atoms with Gasteiger partial charge < -0.3 is 4.57 Å². The van der Waals surface area contributed by atoms with Crippen molar-refractivity contribution in [3.8, 4) is 0 Å². The van der Waals surface area contributed by atoms with Crippen LogP contribution < -0.4 is 11.3 Å². The van der Waals surface area contributed by atoms with Gasteiger partial charge in [-0.25, -0.2) is 5.84 Å². The van der Waals surface area contributed by atoms with Crippen molar-refractivity contribution in [1.29, 1.82) is 0 Å². The zero-order valence-corrected chi connectivity index (χ0v) is 13.6. The van der Waals surface area contributed by atoms with Crippen LogP contribution in [0.5, 0.6) is 0 Å². The number of hydrogen-bond acceptors (Lipinski definition) is 2. The van der Waals surface area contributed by atoms with Crippen LogP contribution in [0.15, 0.2) is 18.2 Å². The molecule has 0 radical (unpaired) electrons. The predicted molar refractivity (Wildman–Crippen MR) is 89.8 cm³/mol. The number of benzene rings is 1. The van der Waals surface area contributed by atoms with Crippen LogP contribution in [0.25, 0.3) is 10.9 Å². The van der Waals surface area contributed by atoms with E-state index in [9.17, 15) is 4.79 Å². The Hall–Kier alpha value is -1.81. The molecule has 1 aromatic heterocycles. The summed E-state index contributed by atoms with van der Waals surface area (Å²) in [4.78, 5) is 12.2. The number of fused-ring (bicyclic) bond motifs is 3. The van der Waals surface area contributed by atoms with E-state index in [0.717, 1.165) is 18.5 Å². The molecule has 22 heavy (non-hydrogen) atoms. The van der Waals surface area contributed by atoms with Gasteiger partial charge in [0.05, 0.1) is 11.1 Å². The summed E-state index contributed by atoms with van der Waals surface area (Å²) in [5.74, 6) is 6.25. The molecule has 0 aliphatic heterocycles. The van der Waals surface area contributed by atoms with Gasteiger partial charge in [0.1, 0.15) is 0 Å². The van der Waals surface area contributed by atoms with Gasteiger partial charge in [0.15, 0.2) is 0 Å². The third kappa shape index (κ3) is 2.31. The van der Waals surface area contributed by atoms with Gasteiger partial charge in [-0.05, 0) is 42.7 Å².